The Balaban J connectivity index is 2.35. The van der Waals surface area contributed by atoms with Crippen LogP contribution in [0, 0.1) is 0 Å². The second kappa shape index (κ2) is 4.63. The number of benzene rings is 4. The van der Waals surface area contributed by atoms with Gasteiger partial charge in [0.15, 0.2) is 23.0 Å². The van der Waals surface area contributed by atoms with Crippen LogP contribution in [0.25, 0.3) is 32.3 Å². The number of rotatable bonds is 1. The van der Waals surface area contributed by atoms with Crippen LogP contribution in [0.5, 0.6) is 5.75 Å². The van der Waals surface area contributed by atoms with Crippen molar-refractivity contribution in [2.24, 2.45) is 0 Å². The molecule has 0 amide bonds. The van der Waals surface area contributed by atoms with Crippen LogP contribution in [0.1, 0.15) is 0 Å². The van der Waals surface area contributed by atoms with E-state index in [1.54, 1.807) is 0 Å². The lowest BCUT2D eigenvalue weighted by molar-refractivity contribution is 0.719. The Bertz CT molecular complexity index is 908. The summed E-state index contributed by atoms with van der Waals surface area (Å²) in [5.74, 6) is 0.888. The average Bonchev–Trinajstić information content (AvgIpc) is 2.54. The molecule has 0 atom stereocenters. The molecule has 0 unspecified atom stereocenters. The molecule has 96 valence electrons. The van der Waals surface area contributed by atoms with Crippen molar-refractivity contribution in [1.82, 2.24) is 0 Å². The van der Waals surface area contributed by atoms with Gasteiger partial charge in [0.2, 0.25) is 0 Å². The van der Waals surface area contributed by atoms with Crippen LogP contribution >= 0.6 is 23.0 Å². The Morgan fingerprint density at radius 2 is 1.00 bits per heavy atom. The maximum absolute atomic E-state index is 5.35. The minimum atomic E-state index is 0.888. The summed E-state index contributed by atoms with van der Waals surface area (Å²) in [7, 11) is 0. The fourth-order valence-electron chi connectivity index (χ4n) is 2.93. The second-order valence-electron chi connectivity index (χ2n) is 4.88. The van der Waals surface area contributed by atoms with Crippen LogP contribution in [0.4, 0.5) is 0 Å². The van der Waals surface area contributed by atoms with Gasteiger partial charge >= 0.3 is 0 Å². The zero-order valence-electron chi connectivity index (χ0n) is 10.6. The molecule has 0 spiro atoms. The molecule has 0 heterocycles. The highest BCUT2D eigenvalue weighted by Gasteiger charge is 2.08. The third-order valence-corrected chi connectivity index (χ3v) is 4.31. The van der Waals surface area contributed by atoms with Crippen molar-refractivity contribution in [3.05, 3.63) is 66.7 Å². The molecule has 0 saturated carbocycles. The van der Waals surface area contributed by atoms with E-state index in [1.165, 1.54) is 32.3 Å². The molecule has 0 radical (unpaired) electrons. The summed E-state index contributed by atoms with van der Waals surface area (Å²) < 4.78 is 5.35. The molecule has 4 aromatic rings. The van der Waals surface area contributed by atoms with E-state index in [0.29, 0.717) is 0 Å². The minimum absolute atomic E-state index is 0.888. The normalized spacial score (nSPS) is 11.2. The maximum Gasteiger partial charge on any atom is 0.192 e. The smallest absolute Gasteiger partial charge is 0.192 e. The van der Waals surface area contributed by atoms with Gasteiger partial charge in [0.1, 0.15) is 5.75 Å². The van der Waals surface area contributed by atoms with Crippen molar-refractivity contribution in [2.75, 3.05) is 0 Å². The summed E-state index contributed by atoms with van der Waals surface area (Å²) in [4.78, 5) is 0. The van der Waals surface area contributed by atoms with Crippen LogP contribution in [-0.4, -0.2) is 0 Å². The van der Waals surface area contributed by atoms with Gasteiger partial charge < -0.3 is 3.07 Å². The summed E-state index contributed by atoms with van der Waals surface area (Å²) in [6.45, 7) is 0. The predicted molar refractivity (Wildman–Crippen MR) is 93.6 cm³/mol. The summed E-state index contributed by atoms with van der Waals surface area (Å²) in [6.07, 6.45) is 0. The first-order valence-corrected chi connectivity index (χ1v) is 7.38. The molecule has 0 aliphatic heterocycles. The van der Waals surface area contributed by atoms with Gasteiger partial charge in [0, 0.05) is 0 Å². The van der Waals surface area contributed by atoms with Crippen molar-refractivity contribution < 1.29 is 3.07 Å². The Morgan fingerprint density at radius 1 is 0.550 bits per heavy atom. The van der Waals surface area contributed by atoms with Gasteiger partial charge in [-0.1, -0.05) is 54.6 Å². The molecule has 20 heavy (non-hydrogen) atoms. The van der Waals surface area contributed by atoms with Gasteiger partial charge in [-0.2, -0.15) is 0 Å². The van der Waals surface area contributed by atoms with Gasteiger partial charge in [0.05, 0.1) is 0 Å². The molecule has 0 saturated heterocycles. The van der Waals surface area contributed by atoms with Crippen molar-refractivity contribution in [3.8, 4) is 5.75 Å². The SMILES string of the molecule is IOc1ccc2c3ccccc3c3ccccc3c2c1. The van der Waals surface area contributed by atoms with E-state index in [0.717, 1.165) is 5.75 Å². The molecule has 4 rings (SSSR count). The molecule has 0 aliphatic rings. The Labute approximate surface area is 130 Å². The average molecular weight is 370 g/mol. The quantitative estimate of drug-likeness (QED) is 0.301. The molecule has 2 heteroatoms. The zero-order chi connectivity index (χ0) is 13.5. The van der Waals surface area contributed by atoms with E-state index in [1.807, 2.05) is 29.1 Å². The van der Waals surface area contributed by atoms with Crippen molar-refractivity contribution >= 4 is 55.3 Å². The molecular formula is C18H11IO. The zero-order valence-corrected chi connectivity index (χ0v) is 12.8. The lowest BCUT2D eigenvalue weighted by Crippen LogP contribution is -1.83. The topological polar surface area (TPSA) is 9.23 Å². The van der Waals surface area contributed by atoms with E-state index in [-0.39, 0.29) is 0 Å². The molecule has 1 nitrogen and oxygen atoms in total. The van der Waals surface area contributed by atoms with Gasteiger partial charge in [0.25, 0.3) is 0 Å². The first kappa shape index (κ1) is 12.0. The van der Waals surface area contributed by atoms with E-state index in [2.05, 4.69) is 60.7 Å². The van der Waals surface area contributed by atoms with Crippen molar-refractivity contribution in [3.63, 3.8) is 0 Å². The van der Waals surface area contributed by atoms with Gasteiger partial charge in [-0.05, 0) is 44.5 Å². The van der Waals surface area contributed by atoms with Crippen LogP contribution < -0.4 is 3.07 Å². The fourth-order valence-corrected chi connectivity index (χ4v) is 3.21. The van der Waals surface area contributed by atoms with Crippen molar-refractivity contribution in [1.29, 1.82) is 0 Å². The molecule has 0 fully saturated rings. The Kier molecular flexibility index (Phi) is 2.77. The van der Waals surface area contributed by atoms with Crippen LogP contribution in [-0.2, 0) is 0 Å². The van der Waals surface area contributed by atoms with E-state index in [9.17, 15) is 0 Å². The molecule has 0 aliphatic carbocycles. The first-order chi connectivity index (χ1) is 9.88. The van der Waals surface area contributed by atoms with Crippen LogP contribution in [0.2, 0.25) is 0 Å². The number of halogens is 1. The standard InChI is InChI=1S/C18H11IO/c19-20-12-9-10-17-15-7-2-1-5-13(15)14-6-3-4-8-16(14)18(17)11-12/h1-11H. The molecule has 0 bridgehead atoms. The lowest BCUT2D eigenvalue weighted by atomic mass is 9.94. The second-order valence-corrected chi connectivity index (χ2v) is 5.32. The highest BCUT2D eigenvalue weighted by molar-refractivity contribution is 14.1. The molecule has 4 aromatic carbocycles. The highest BCUT2D eigenvalue weighted by atomic mass is 127. The van der Waals surface area contributed by atoms with Crippen LogP contribution in [0.3, 0.4) is 0 Å². The largest absolute Gasteiger partial charge is 0.428 e. The highest BCUT2D eigenvalue weighted by Crippen LogP contribution is 2.36. The third-order valence-electron chi connectivity index (χ3n) is 3.80. The molecule has 0 N–H and O–H groups in total. The maximum atomic E-state index is 5.35. The summed E-state index contributed by atoms with van der Waals surface area (Å²) in [6, 6.07) is 23.4. The minimum Gasteiger partial charge on any atom is -0.428 e. The van der Waals surface area contributed by atoms with Gasteiger partial charge in [-0.3, -0.25) is 0 Å². The fraction of sp³-hybridized carbons (Fsp3) is 0. The summed E-state index contributed by atoms with van der Waals surface area (Å²) in [5, 5.41) is 7.68. The predicted octanol–water partition coefficient (Wildman–Crippen LogP) is 5.88. The van der Waals surface area contributed by atoms with Gasteiger partial charge in [-0.15, -0.1) is 0 Å². The number of hydrogen-bond acceptors (Lipinski definition) is 1. The lowest BCUT2D eigenvalue weighted by Gasteiger charge is -2.10. The third kappa shape index (κ3) is 1.68. The summed E-state index contributed by atoms with van der Waals surface area (Å²) in [5.41, 5.74) is 0. The monoisotopic (exact) mass is 370 g/mol. The van der Waals surface area contributed by atoms with Crippen molar-refractivity contribution in [2.45, 2.75) is 0 Å². The van der Waals surface area contributed by atoms with E-state index >= 15 is 0 Å². The van der Waals surface area contributed by atoms with E-state index in [4.69, 9.17) is 3.07 Å². The molecule has 0 aromatic heterocycles. The Hall–Kier alpha value is -1.81. The first-order valence-electron chi connectivity index (χ1n) is 6.50. The Morgan fingerprint density at radius 3 is 1.50 bits per heavy atom. The molecular weight excluding hydrogens is 359 g/mol. The number of fused-ring (bicyclic) bond motifs is 6. The summed E-state index contributed by atoms with van der Waals surface area (Å²) >= 11 is 1.93. The van der Waals surface area contributed by atoms with Crippen LogP contribution in [0.15, 0.2) is 66.7 Å². The van der Waals surface area contributed by atoms with E-state index < -0.39 is 0 Å². The van der Waals surface area contributed by atoms with Gasteiger partial charge in [-0.25, -0.2) is 0 Å². The number of hydrogen-bond donors (Lipinski definition) is 0.